The molecule has 0 radical (unpaired) electrons. The lowest BCUT2D eigenvalue weighted by Crippen LogP contribution is -2.49. The van der Waals surface area contributed by atoms with Crippen LogP contribution in [0, 0.1) is 0 Å². The van der Waals surface area contributed by atoms with Crippen LogP contribution in [0.3, 0.4) is 0 Å². The fraction of sp³-hybridized carbons (Fsp3) is 0.867. The smallest absolute Gasteiger partial charge is 0.240 e. The molecule has 1 aromatic rings. The highest BCUT2D eigenvalue weighted by Crippen LogP contribution is 2.19. The largest absolute Gasteiger partial charge is 0.338 e. The fourth-order valence-electron chi connectivity index (χ4n) is 2.60. The molecule has 0 amide bonds. The summed E-state index contributed by atoms with van der Waals surface area (Å²) in [6.07, 6.45) is 4.66. The topological polar surface area (TPSA) is 54.2 Å². The van der Waals surface area contributed by atoms with Crippen LogP contribution in [-0.4, -0.2) is 39.7 Å². The maximum Gasteiger partial charge on any atom is 0.240 e. The van der Waals surface area contributed by atoms with Crippen molar-refractivity contribution in [2.45, 2.75) is 71.5 Å². The number of nitrogens with zero attached hydrogens (tertiary/aromatic N) is 3. The van der Waals surface area contributed by atoms with Crippen LogP contribution >= 0.6 is 0 Å². The minimum absolute atomic E-state index is 0.170. The Bertz CT molecular complexity index is 410. The number of nitrogens with one attached hydrogen (secondary N) is 1. The standard InChI is InChI=1S/C15H28N4O/c1-5-13-17-14(20-18-13)11-19-9-7-6-8-12(19)10-16-15(2,3)4/h12,16H,5-11H2,1-4H3. The van der Waals surface area contributed by atoms with Gasteiger partial charge in [0.1, 0.15) is 0 Å². The zero-order valence-corrected chi connectivity index (χ0v) is 13.3. The van der Waals surface area contributed by atoms with Crippen LogP contribution in [0.4, 0.5) is 0 Å². The maximum absolute atomic E-state index is 5.33. The van der Waals surface area contributed by atoms with Crippen LogP contribution in [-0.2, 0) is 13.0 Å². The molecule has 1 aromatic heterocycles. The van der Waals surface area contributed by atoms with Crippen LogP contribution in [0.15, 0.2) is 4.52 Å². The molecule has 2 rings (SSSR count). The number of hydrogen-bond donors (Lipinski definition) is 1. The van der Waals surface area contributed by atoms with Gasteiger partial charge in [-0.3, -0.25) is 4.90 Å². The highest BCUT2D eigenvalue weighted by molar-refractivity contribution is 4.89. The first-order chi connectivity index (χ1) is 9.48. The lowest BCUT2D eigenvalue weighted by molar-refractivity contribution is 0.116. The van der Waals surface area contributed by atoms with E-state index < -0.39 is 0 Å². The molecule has 1 aliphatic heterocycles. The van der Waals surface area contributed by atoms with E-state index >= 15 is 0 Å². The Kier molecular flexibility index (Phi) is 5.16. The summed E-state index contributed by atoms with van der Waals surface area (Å²) in [5.41, 5.74) is 0.170. The molecular weight excluding hydrogens is 252 g/mol. The summed E-state index contributed by atoms with van der Waals surface area (Å²) in [5, 5.41) is 7.60. The van der Waals surface area contributed by atoms with Gasteiger partial charge in [-0.15, -0.1) is 0 Å². The molecule has 1 saturated heterocycles. The molecule has 1 N–H and O–H groups in total. The Morgan fingerprint density at radius 2 is 2.15 bits per heavy atom. The Morgan fingerprint density at radius 3 is 2.80 bits per heavy atom. The molecule has 20 heavy (non-hydrogen) atoms. The average molecular weight is 280 g/mol. The molecule has 1 fully saturated rings. The van der Waals surface area contributed by atoms with Crippen LogP contribution in [0.1, 0.15) is 58.7 Å². The Labute approximate surface area is 122 Å². The van der Waals surface area contributed by atoms with Crippen molar-refractivity contribution in [2.24, 2.45) is 0 Å². The third kappa shape index (κ3) is 4.56. The highest BCUT2D eigenvalue weighted by Gasteiger charge is 2.25. The van der Waals surface area contributed by atoms with E-state index in [1.165, 1.54) is 19.3 Å². The van der Waals surface area contributed by atoms with Crippen LogP contribution in [0.25, 0.3) is 0 Å². The Morgan fingerprint density at radius 1 is 1.35 bits per heavy atom. The zero-order chi connectivity index (χ0) is 14.6. The van der Waals surface area contributed by atoms with E-state index in [1.807, 2.05) is 6.92 Å². The second kappa shape index (κ2) is 6.68. The SMILES string of the molecule is CCc1noc(CN2CCCCC2CNC(C)(C)C)n1. The number of rotatable bonds is 5. The Hall–Kier alpha value is -0.940. The first-order valence-electron chi connectivity index (χ1n) is 7.78. The minimum atomic E-state index is 0.170. The van der Waals surface area contributed by atoms with E-state index in [0.29, 0.717) is 6.04 Å². The predicted octanol–water partition coefficient (Wildman–Crippen LogP) is 2.37. The van der Waals surface area contributed by atoms with Gasteiger partial charge in [-0.2, -0.15) is 4.98 Å². The van der Waals surface area contributed by atoms with Crippen molar-refractivity contribution in [1.29, 1.82) is 0 Å². The van der Waals surface area contributed by atoms with E-state index in [0.717, 1.165) is 37.8 Å². The van der Waals surface area contributed by atoms with E-state index in [4.69, 9.17) is 4.52 Å². The van der Waals surface area contributed by atoms with E-state index in [-0.39, 0.29) is 5.54 Å². The molecular formula is C15H28N4O. The summed E-state index contributed by atoms with van der Waals surface area (Å²) in [5.74, 6) is 1.56. The highest BCUT2D eigenvalue weighted by atomic mass is 16.5. The van der Waals surface area contributed by atoms with Crippen molar-refractivity contribution in [1.82, 2.24) is 20.4 Å². The van der Waals surface area contributed by atoms with Gasteiger partial charge in [0, 0.05) is 24.5 Å². The summed E-state index contributed by atoms with van der Waals surface area (Å²) in [6, 6.07) is 0.569. The maximum atomic E-state index is 5.33. The van der Waals surface area contributed by atoms with Crippen molar-refractivity contribution in [3.8, 4) is 0 Å². The number of aromatic nitrogens is 2. The van der Waals surface area contributed by atoms with Crippen LogP contribution in [0.5, 0.6) is 0 Å². The normalized spacial score (nSPS) is 21.3. The van der Waals surface area contributed by atoms with E-state index in [2.05, 4.69) is 41.1 Å². The molecule has 1 atom stereocenters. The Balaban J connectivity index is 1.92. The van der Waals surface area contributed by atoms with Gasteiger partial charge in [-0.1, -0.05) is 18.5 Å². The molecule has 0 spiro atoms. The number of likely N-dealkylation sites (tertiary alicyclic amines) is 1. The lowest BCUT2D eigenvalue weighted by Gasteiger charge is -2.36. The summed E-state index contributed by atoms with van der Waals surface area (Å²) < 4.78 is 5.33. The molecule has 1 aliphatic rings. The molecule has 0 aromatic carbocycles. The monoisotopic (exact) mass is 280 g/mol. The molecule has 2 heterocycles. The van der Waals surface area contributed by atoms with Gasteiger partial charge in [0.05, 0.1) is 6.54 Å². The third-order valence-corrected chi connectivity index (χ3v) is 3.78. The van der Waals surface area contributed by atoms with Gasteiger partial charge >= 0.3 is 0 Å². The zero-order valence-electron chi connectivity index (χ0n) is 13.3. The van der Waals surface area contributed by atoms with Gasteiger partial charge in [0.25, 0.3) is 0 Å². The molecule has 0 bridgehead atoms. The molecule has 5 heteroatoms. The van der Waals surface area contributed by atoms with Gasteiger partial charge in [-0.05, 0) is 40.2 Å². The fourth-order valence-corrected chi connectivity index (χ4v) is 2.60. The number of aryl methyl sites for hydroxylation is 1. The van der Waals surface area contributed by atoms with E-state index in [1.54, 1.807) is 0 Å². The molecule has 114 valence electrons. The van der Waals surface area contributed by atoms with Crippen LogP contribution in [0.2, 0.25) is 0 Å². The average Bonchev–Trinajstić information content (AvgIpc) is 2.84. The predicted molar refractivity (Wildman–Crippen MR) is 79.5 cm³/mol. The lowest BCUT2D eigenvalue weighted by atomic mass is 10.0. The second-order valence-electron chi connectivity index (χ2n) is 6.71. The molecule has 0 aliphatic carbocycles. The molecule has 1 unspecified atom stereocenters. The van der Waals surface area contributed by atoms with Crippen molar-refractivity contribution < 1.29 is 4.52 Å². The summed E-state index contributed by atoms with van der Waals surface area (Å²) in [4.78, 5) is 6.91. The van der Waals surface area contributed by atoms with Crippen molar-refractivity contribution in [2.75, 3.05) is 13.1 Å². The van der Waals surface area contributed by atoms with Crippen molar-refractivity contribution in [3.63, 3.8) is 0 Å². The van der Waals surface area contributed by atoms with Gasteiger partial charge in [-0.25, -0.2) is 0 Å². The van der Waals surface area contributed by atoms with Crippen molar-refractivity contribution in [3.05, 3.63) is 11.7 Å². The van der Waals surface area contributed by atoms with E-state index in [9.17, 15) is 0 Å². The second-order valence-corrected chi connectivity index (χ2v) is 6.71. The molecule has 5 nitrogen and oxygen atoms in total. The minimum Gasteiger partial charge on any atom is -0.338 e. The summed E-state index contributed by atoms with van der Waals surface area (Å²) in [6.45, 7) is 11.6. The summed E-state index contributed by atoms with van der Waals surface area (Å²) >= 11 is 0. The van der Waals surface area contributed by atoms with Gasteiger partial charge in [0.2, 0.25) is 5.89 Å². The first kappa shape index (κ1) is 15.4. The molecule has 0 saturated carbocycles. The van der Waals surface area contributed by atoms with Gasteiger partial charge < -0.3 is 9.84 Å². The third-order valence-electron chi connectivity index (χ3n) is 3.78. The summed E-state index contributed by atoms with van der Waals surface area (Å²) in [7, 11) is 0. The van der Waals surface area contributed by atoms with Crippen molar-refractivity contribution >= 4 is 0 Å². The number of hydrogen-bond acceptors (Lipinski definition) is 5. The van der Waals surface area contributed by atoms with Crippen LogP contribution < -0.4 is 5.32 Å². The van der Waals surface area contributed by atoms with Gasteiger partial charge in [0.15, 0.2) is 5.82 Å². The first-order valence-corrected chi connectivity index (χ1v) is 7.78. The number of piperidine rings is 1. The quantitative estimate of drug-likeness (QED) is 0.897.